The van der Waals surface area contributed by atoms with Gasteiger partial charge in [0, 0.05) is 38.7 Å². The highest BCUT2D eigenvalue weighted by Crippen LogP contribution is 2.38. The molecule has 138 valence electrons. The molecule has 0 saturated carbocycles. The van der Waals surface area contributed by atoms with E-state index < -0.39 is 0 Å². The summed E-state index contributed by atoms with van der Waals surface area (Å²) in [6, 6.07) is 8.39. The molecular formula is C20H31N3O2. The molecule has 0 bridgehead atoms. The molecule has 0 aliphatic carbocycles. The highest BCUT2D eigenvalue weighted by atomic mass is 16.5. The van der Waals surface area contributed by atoms with Crippen LogP contribution >= 0.6 is 0 Å². The molecule has 1 aromatic carbocycles. The van der Waals surface area contributed by atoms with Crippen molar-refractivity contribution < 1.29 is 9.47 Å². The fourth-order valence-corrected chi connectivity index (χ4v) is 3.75. The minimum Gasteiger partial charge on any atom is -0.494 e. The van der Waals surface area contributed by atoms with Crippen LogP contribution in [0.4, 0.5) is 0 Å². The Labute approximate surface area is 151 Å². The molecule has 1 atom stereocenters. The largest absolute Gasteiger partial charge is 0.494 e. The quantitative estimate of drug-likeness (QED) is 0.636. The van der Waals surface area contributed by atoms with Gasteiger partial charge in [0.05, 0.1) is 13.2 Å². The molecule has 1 spiro atoms. The summed E-state index contributed by atoms with van der Waals surface area (Å²) in [5.41, 5.74) is 1.65. The van der Waals surface area contributed by atoms with E-state index in [2.05, 4.69) is 40.3 Å². The van der Waals surface area contributed by atoms with Crippen molar-refractivity contribution in [3.05, 3.63) is 29.8 Å². The third-order valence-corrected chi connectivity index (χ3v) is 5.20. The molecule has 0 radical (unpaired) electrons. The van der Waals surface area contributed by atoms with Gasteiger partial charge >= 0.3 is 0 Å². The molecule has 0 amide bonds. The molecule has 1 N–H and O–H groups in total. The lowest BCUT2D eigenvalue weighted by molar-refractivity contribution is 0.156. The van der Waals surface area contributed by atoms with Gasteiger partial charge in [-0.1, -0.05) is 19.1 Å². The van der Waals surface area contributed by atoms with E-state index in [1.165, 1.54) is 18.4 Å². The van der Waals surface area contributed by atoms with E-state index >= 15 is 0 Å². The Hall–Kier alpha value is -1.75. The van der Waals surface area contributed by atoms with E-state index in [1.54, 1.807) is 0 Å². The van der Waals surface area contributed by atoms with Gasteiger partial charge in [0.1, 0.15) is 5.75 Å². The van der Waals surface area contributed by atoms with E-state index in [4.69, 9.17) is 9.47 Å². The fourth-order valence-electron chi connectivity index (χ4n) is 3.75. The third kappa shape index (κ3) is 4.66. The topological polar surface area (TPSA) is 46.1 Å². The SMILES string of the molecule is CCCOc1cccc(CCNC(=NC)N2CCC3(CCOC3)C2)c1. The summed E-state index contributed by atoms with van der Waals surface area (Å²) in [4.78, 5) is 6.86. The van der Waals surface area contributed by atoms with Crippen LogP contribution in [0.5, 0.6) is 5.75 Å². The van der Waals surface area contributed by atoms with Gasteiger partial charge < -0.3 is 19.7 Å². The van der Waals surface area contributed by atoms with Crippen molar-refractivity contribution in [2.24, 2.45) is 10.4 Å². The molecule has 0 aromatic heterocycles. The lowest BCUT2D eigenvalue weighted by Gasteiger charge is -2.25. The zero-order valence-corrected chi connectivity index (χ0v) is 15.6. The Bertz CT molecular complexity index is 582. The average Bonchev–Trinajstić information content (AvgIpc) is 3.27. The predicted octanol–water partition coefficient (Wildman–Crippen LogP) is 2.71. The number of nitrogens with one attached hydrogen (secondary N) is 1. The smallest absolute Gasteiger partial charge is 0.193 e. The molecule has 5 nitrogen and oxygen atoms in total. The molecule has 1 unspecified atom stereocenters. The van der Waals surface area contributed by atoms with Crippen LogP contribution in [0, 0.1) is 5.41 Å². The summed E-state index contributed by atoms with van der Waals surface area (Å²) in [7, 11) is 1.87. The molecule has 2 fully saturated rings. The third-order valence-electron chi connectivity index (χ3n) is 5.20. The van der Waals surface area contributed by atoms with Gasteiger partial charge in [0.25, 0.3) is 0 Å². The first-order valence-electron chi connectivity index (χ1n) is 9.50. The Morgan fingerprint density at radius 3 is 3.08 bits per heavy atom. The monoisotopic (exact) mass is 345 g/mol. The highest BCUT2D eigenvalue weighted by Gasteiger charge is 2.42. The van der Waals surface area contributed by atoms with Gasteiger partial charge in [0.15, 0.2) is 5.96 Å². The zero-order valence-electron chi connectivity index (χ0n) is 15.6. The first-order chi connectivity index (χ1) is 12.2. The van der Waals surface area contributed by atoms with E-state index in [-0.39, 0.29) is 0 Å². The van der Waals surface area contributed by atoms with Crippen LogP contribution < -0.4 is 10.1 Å². The van der Waals surface area contributed by atoms with Crippen molar-refractivity contribution in [1.82, 2.24) is 10.2 Å². The van der Waals surface area contributed by atoms with Crippen LogP contribution in [0.3, 0.4) is 0 Å². The van der Waals surface area contributed by atoms with Crippen LogP contribution in [-0.2, 0) is 11.2 Å². The lowest BCUT2D eigenvalue weighted by atomic mass is 9.87. The number of hydrogen-bond donors (Lipinski definition) is 1. The number of likely N-dealkylation sites (tertiary alicyclic amines) is 1. The van der Waals surface area contributed by atoms with E-state index in [0.29, 0.717) is 5.41 Å². The lowest BCUT2D eigenvalue weighted by Crippen LogP contribution is -2.42. The summed E-state index contributed by atoms with van der Waals surface area (Å²) in [6.45, 7) is 7.73. The van der Waals surface area contributed by atoms with Crippen molar-refractivity contribution in [2.45, 2.75) is 32.6 Å². The van der Waals surface area contributed by atoms with Crippen LogP contribution in [-0.4, -0.2) is 57.4 Å². The van der Waals surface area contributed by atoms with Crippen molar-refractivity contribution in [3.8, 4) is 5.75 Å². The van der Waals surface area contributed by atoms with Crippen molar-refractivity contribution in [1.29, 1.82) is 0 Å². The second-order valence-corrected chi connectivity index (χ2v) is 7.19. The first-order valence-corrected chi connectivity index (χ1v) is 9.50. The van der Waals surface area contributed by atoms with Crippen molar-refractivity contribution in [2.75, 3.05) is 46.5 Å². The van der Waals surface area contributed by atoms with Gasteiger partial charge in [0.2, 0.25) is 0 Å². The van der Waals surface area contributed by atoms with Crippen LogP contribution in [0.1, 0.15) is 31.7 Å². The summed E-state index contributed by atoms with van der Waals surface area (Å²) in [5.74, 6) is 1.98. The number of aliphatic imine (C=N–C) groups is 1. The number of hydrogen-bond acceptors (Lipinski definition) is 3. The molecule has 3 rings (SSSR count). The molecular weight excluding hydrogens is 314 g/mol. The maximum atomic E-state index is 5.72. The number of guanidine groups is 1. The summed E-state index contributed by atoms with van der Waals surface area (Å²) >= 11 is 0. The van der Waals surface area contributed by atoms with Crippen molar-refractivity contribution >= 4 is 5.96 Å². The zero-order chi connectivity index (χ0) is 17.5. The second-order valence-electron chi connectivity index (χ2n) is 7.19. The number of rotatable bonds is 6. The standard InChI is InChI=1S/C20H31N3O2/c1-3-12-25-18-6-4-5-17(14-18)7-10-22-19(21-2)23-11-8-20(15-23)9-13-24-16-20/h4-6,14H,3,7-13,15-16H2,1-2H3,(H,21,22). The number of nitrogens with zero attached hydrogens (tertiary/aromatic N) is 2. The van der Waals surface area contributed by atoms with Gasteiger partial charge in [-0.15, -0.1) is 0 Å². The second kappa shape index (κ2) is 8.56. The predicted molar refractivity (Wildman–Crippen MR) is 101 cm³/mol. The maximum Gasteiger partial charge on any atom is 0.193 e. The van der Waals surface area contributed by atoms with Crippen LogP contribution in [0.25, 0.3) is 0 Å². The summed E-state index contributed by atoms with van der Waals surface area (Å²) < 4.78 is 11.3. The van der Waals surface area contributed by atoms with Gasteiger partial charge in [-0.05, 0) is 43.4 Å². The van der Waals surface area contributed by atoms with E-state index in [9.17, 15) is 0 Å². The molecule has 2 aliphatic rings. The van der Waals surface area contributed by atoms with Gasteiger partial charge in [-0.3, -0.25) is 4.99 Å². The minimum absolute atomic E-state index is 0.364. The van der Waals surface area contributed by atoms with E-state index in [1.807, 2.05) is 13.1 Å². The maximum absolute atomic E-state index is 5.72. The fraction of sp³-hybridized carbons (Fsp3) is 0.650. The molecule has 2 aliphatic heterocycles. The Morgan fingerprint density at radius 1 is 1.40 bits per heavy atom. The molecule has 2 saturated heterocycles. The summed E-state index contributed by atoms with van der Waals surface area (Å²) in [5, 5.41) is 3.52. The number of benzene rings is 1. The van der Waals surface area contributed by atoms with Crippen LogP contribution in [0.15, 0.2) is 29.3 Å². The van der Waals surface area contributed by atoms with Crippen LogP contribution in [0.2, 0.25) is 0 Å². The number of ether oxygens (including phenoxy) is 2. The highest BCUT2D eigenvalue weighted by molar-refractivity contribution is 5.80. The van der Waals surface area contributed by atoms with Gasteiger partial charge in [-0.25, -0.2) is 0 Å². The van der Waals surface area contributed by atoms with Gasteiger partial charge in [-0.2, -0.15) is 0 Å². The Kier molecular flexibility index (Phi) is 6.19. The minimum atomic E-state index is 0.364. The summed E-state index contributed by atoms with van der Waals surface area (Å²) in [6.07, 6.45) is 4.39. The molecule has 1 aromatic rings. The Morgan fingerprint density at radius 2 is 2.32 bits per heavy atom. The normalized spacial score (nSPS) is 23.4. The van der Waals surface area contributed by atoms with Crippen molar-refractivity contribution in [3.63, 3.8) is 0 Å². The van der Waals surface area contributed by atoms with E-state index in [0.717, 1.165) is 64.0 Å². The molecule has 5 heteroatoms. The molecule has 2 heterocycles. The first kappa shape index (κ1) is 18.1. The Balaban J connectivity index is 1.47. The molecule has 25 heavy (non-hydrogen) atoms. The average molecular weight is 345 g/mol.